The SMILES string of the molecule is C#Cc1c(F)ccc2cc(O)cc(C3=C(F)C(=N/COCC45CCCC4N(C4CCCCC4F)CCC5)/C(=C(\N=C)N4CCOCC(O)C4)C=N3)c12. The van der Waals surface area contributed by atoms with Crippen LogP contribution >= 0.6 is 0 Å². The van der Waals surface area contributed by atoms with Gasteiger partial charge in [0.05, 0.1) is 37.1 Å². The van der Waals surface area contributed by atoms with Crippen LogP contribution in [0.15, 0.2) is 56.5 Å². The van der Waals surface area contributed by atoms with Crippen molar-refractivity contribution in [3.63, 3.8) is 0 Å². The minimum atomic E-state index is -0.847. The predicted octanol–water partition coefficient (Wildman–Crippen LogP) is 6.32. The molecule has 52 heavy (non-hydrogen) atoms. The fraction of sp³-hybridized carbons (Fsp3) is 0.525. The number of ether oxygens (including phenoxy) is 2. The average molecular weight is 718 g/mol. The van der Waals surface area contributed by atoms with Crippen LogP contribution in [0.5, 0.6) is 5.75 Å². The number of aliphatic hydroxyl groups excluding tert-OH is 1. The highest BCUT2D eigenvalue weighted by atomic mass is 19.1. The third-order valence-electron chi connectivity index (χ3n) is 11.5. The molecule has 2 aromatic carbocycles. The molecule has 9 nitrogen and oxygen atoms in total. The number of phenolic OH excluding ortho intramolecular Hbond substituents is 1. The summed E-state index contributed by atoms with van der Waals surface area (Å²) in [4.78, 5) is 17.5. The fourth-order valence-electron chi connectivity index (χ4n) is 9.21. The van der Waals surface area contributed by atoms with Crippen LogP contribution in [0, 0.1) is 23.6 Å². The average Bonchev–Trinajstić information content (AvgIpc) is 3.46. The Morgan fingerprint density at radius 3 is 2.77 bits per heavy atom. The highest BCUT2D eigenvalue weighted by Gasteiger charge is 2.50. The first kappa shape index (κ1) is 36.3. The minimum absolute atomic E-state index is 0.0478. The molecule has 2 saturated carbocycles. The number of halogens is 3. The zero-order valence-corrected chi connectivity index (χ0v) is 29.4. The molecule has 2 aromatic rings. The lowest BCUT2D eigenvalue weighted by atomic mass is 9.74. The molecule has 5 aliphatic rings. The van der Waals surface area contributed by atoms with Crippen LogP contribution in [0.25, 0.3) is 16.5 Å². The molecule has 12 heteroatoms. The van der Waals surface area contributed by atoms with Crippen molar-refractivity contribution in [3.05, 3.63) is 58.4 Å². The van der Waals surface area contributed by atoms with Gasteiger partial charge in [0.25, 0.3) is 0 Å². The molecule has 276 valence electrons. The van der Waals surface area contributed by atoms with Crippen molar-refractivity contribution in [3.8, 4) is 18.1 Å². The van der Waals surface area contributed by atoms with Crippen molar-refractivity contribution in [2.45, 2.75) is 82.1 Å². The Bertz CT molecular complexity index is 1870. The summed E-state index contributed by atoms with van der Waals surface area (Å²) in [6.45, 7) is 5.83. The summed E-state index contributed by atoms with van der Waals surface area (Å²) in [5.74, 6) is 0.929. The van der Waals surface area contributed by atoms with Crippen molar-refractivity contribution < 1.29 is 32.9 Å². The quantitative estimate of drug-likeness (QED) is 0.188. The molecule has 0 aromatic heterocycles. The molecular weight excluding hydrogens is 671 g/mol. The molecule has 2 N–H and O–H groups in total. The molecule has 5 atom stereocenters. The van der Waals surface area contributed by atoms with E-state index in [0.717, 1.165) is 57.9 Å². The standard InChI is InChI=1S/C40H46F3N5O4/c1-3-28-31(41)12-11-25-18-26(49)19-29(35(25)28)37-36(43)38(30(20-45-37)39(44-2)47-16-17-51-22-27(50)21-47)46-24-52-23-40-13-6-10-34(40)48(15-7-14-40)33-9-5-4-8-32(33)42/h1,11-12,18-20,27,32-34,49-50H,2,4-10,13-17,21-24H2/b39-30+,46-38+. The van der Waals surface area contributed by atoms with Gasteiger partial charge in [-0.1, -0.05) is 31.2 Å². The summed E-state index contributed by atoms with van der Waals surface area (Å²) in [5, 5.41) is 21.7. The summed E-state index contributed by atoms with van der Waals surface area (Å²) in [6, 6.07) is 5.57. The second kappa shape index (κ2) is 15.5. The Balaban J connectivity index is 1.24. The number of hydrogen-bond acceptors (Lipinski definition) is 9. The molecular formula is C40H46F3N5O4. The van der Waals surface area contributed by atoms with E-state index in [2.05, 4.69) is 32.5 Å². The van der Waals surface area contributed by atoms with E-state index >= 15 is 8.78 Å². The minimum Gasteiger partial charge on any atom is -0.508 e. The number of benzene rings is 2. The van der Waals surface area contributed by atoms with Crippen LogP contribution in [0.4, 0.5) is 13.2 Å². The first-order valence-corrected chi connectivity index (χ1v) is 18.3. The van der Waals surface area contributed by atoms with Gasteiger partial charge in [0.15, 0.2) is 5.83 Å². The molecule has 5 unspecified atom stereocenters. The third-order valence-corrected chi connectivity index (χ3v) is 11.5. The van der Waals surface area contributed by atoms with Gasteiger partial charge in [-0.3, -0.25) is 14.9 Å². The van der Waals surface area contributed by atoms with Crippen molar-refractivity contribution in [2.24, 2.45) is 20.4 Å². The Labute approximate surface area is 302 Å². The number of allylic oxidation sites excluding steroid dienone is 2. The number of phenols is 1. The van der Waals surface area contributed by atoms with Crippen LogP contribution in [-0.2, 0) is 9.47 Å². The molecule has 0 amide bonds. The Morgan fingerprint density at radius 1 is 1.13 bits per heavy atom. The summed E-state index contributed by atoms with van der Waals surface area (Å²) in [7, 11) is 0. The van der Waals surface area contributed by atoms with E-state index in [9.17, 15) is 14.6 Å². The number of alkyl halides is 1. The zero-order valence-electron chi connectivity index (χ0n) is 29.4. The lowest BCUT2D eigenvalue weighted by Crippen LogP contribution is -2.57. The number of terminal acetylenes is 1. The smallest absolute Gasteiger partial charge is 0.175 e. The molecule has 0 spiro atoms. The van der Waals surface area contributed by atoms with E-state index in [1.807, 2.05) is 0 Å². The lowest BCUT2D eigenvalue weighted by molar-refractivity contribution is -0.0678. The van der Waals surface area contributed by atoms with Gasteiger partial charge in [0, 0.05) is 47.8 Å². The third kappa shape index (κ3) is 6.92. The van der Waals surface area contributed by atoms with Crippen molar-refractivity contribution in [1.29, 1.82) is 0 Å². The number of piperidine rings is 1. The second-order valence-corrected chi connectivity index (χ2v) is 14.6. The molecule has 4 fully saturated rings. The predicted molar refractivity (Wildman–Crippen MR) is 196 cm³/mol. The molecule has 2 aliphatic carbocycles. The lowest BCUT2D eigenvalue weighted by Gasteiger charge is -2.50. The summed E-state index contributed by atoms with van der Waals surface area (Å²) in [6.07, 6.45) is 14.0. The van der Waals surface area contributed by atoms with Gasteiger partial charge < -0.3 is 24.6 Å². The van der Waals surface area contributed by atoms with E-state index < -0.39 is 23.9 Å². The van der Waals surface area contributed by atoms with Gasteiger partial charge in [0.1, 0.15) is 41.7 Å². The first-order chi connectivity index (χ1) is 25.2. The van der Waals surface area contributed by atoms with Gasteiger partial charge in [-0.2, -0.15) is 0 Å². The van der Waals surface area contributed by atoms with Gasteiger partial charge in [-0.05, 0) is 75.4 Å². The maximum absolute atomic E-state index is 17.1. The summed E-state index contributed by atoms with van der Waals surface area (Å²) in [5.41, 5.74) is -0.214. The van der Waals surface area contributed by atoms with Gasteiger partial charge in [-0.25, -0.2) is 18.2 Å². The summed E-state index contributed by atoms with van der Waals surface area (Å²) >= 11 is 0. The molecule has 3 heterocycles. The number of β-amino-alcohol motifs (C(OH)–C–C–N with tert-alkyl or cyclic N) is 1. The first-order valence-electron chi connectivity index (χ1n) is 18.3. The Hall–Kier alpha value is -4.02. The van der Waals surface area contributed by atoms with Gasteiger partial charge >= 0.3 is 0 Å². The van der Waals surface area contributed by atoms with Crippen LogP contribution < -0.4 is 0 Å². The van der Waals surface area contributed by atoms with E-state index in [4.69, 9.17) is 15.9 Å². The van der Waals surface area contributed by atoms with E-state index in [-0.39, 0.29) is 82.4 Å². The van der Waals surface area contributed by atoms with E-state index in [1.54, 1.807) is 4.90 Å². The Kier molecular flexibility index (Phi) is 10.9. The maximum atomic E-state index is 17.1. The number of aromatic hydroxyl groups is 1. The van der Waals surface area contributed by atoms with Crippen LogP contribution in [0.2, 0.25) is 0 Å². The van der Waals surface area contributed by atoms with Crippen LogP contribution in [0.3, 0.4) is 0 Å². The molecule has 2 saturated heterocycles. The highest BCUT2D eigenvalue weighted by molar-refractivity contribution is 6.29. The fourth-order valence-corrected chi connectivity index (χ4v) is 9.21. The van der Waals surface area contributed by atoms with E-state index in [0.29, 0.717) is 31.6 Å². The normalized spacial score (nSPS) is 30.4. The van der Waals surface area contributed by atoms with Crippen molar-refractivity contribution in [1.82, 2.24) is 9.80 Å². The number of aliphatic imine (C=N–C) groups is 3. The summed E-state index contributed by atoms with van der Waals surface area (Å²) < 4.78 is 59.0. The topological polar surface area (TPSA) is 102 Å². The number of rotatable bonds is 8. The van der Waals surface area contributed by atoms with E-state index in [1.165, 1.54) is 30.5 Å². The zero-order chi connectivity index (χ0) is 36.4. The number of fused-ring (bicyclic) bond motifs is 2. The monoisotopic (exact) mass is 717 g/mol. The second-order valence-electron chi connectivity index (χ2n) is 14.6. The van der Waals surface area contributed by atoms with Gasteiger partial charge in [-0.15, -0.1) is 6.42 Å². The number of nitrogens with zero attached hydrogens (tertiary/aromatic N) is 5. The molecule has 3 aliphatic heterocycles. The molecule has 0 radical (unpaired) electrons. The highest BCUT2D eigenvalue weighted by Crippen LogP contribution is 2.50. The number of likely N-dealkylation sites (tertiary alicyclic amines) is 1. The van der Waals surface area contributed by atoms with Crippen LogP contribution in [0.1, 0.15) is 68.9 Å². The maximum Gasteiger partial charge on any atom is 0.175 e. The van der Waals surface area contributed by atoms with Crippen LogP contribution in [-0.4, -0.2) is 109 Å². The van der Waals surface area contributed by atoms with Crippen molar-refractivity contribution in [2.75, 3.05) is 46.2 Å². The van der Waals surface area contributed by atoms with Gasteiger partial charge in [0.2, 0.25) is 0 Å². The number of aliphatic hydroxyl groups is 1. The number of hydrogen-bond donors (Lipinski definition) is 2. The largest absolute Gasteiger partial charge is 0.508 e. The van der Waals surface area contributed by atoms with Crippen molar-refractivity contribution >= 4 is 35.1 Å². The molecule has 7 rings (SSSR count). The Morgan fingerprint density at radius 2 is 1.96 bits per heavy atom. The molecule has 0 bridgehead atoms.